The van der Waals surface area contributed by atoms with E-state index >= 15 is 0 Å². The third-order valence-electron chi connectivity index (χ3n) is 0.799. The van der Waals surface area contributed by atoms with Crippen LogP contribution in [-0.2, 0) is 9.53 Å². The average molecular weight is 179 g/mol. The lowest BCUT2D eigenvalue weighted by Gasteiger charge is -2.03. The molecular weight excluding hydrogens is 172 g/mol. The second-order valence-corrected chi connectivity index (χ2v) is 1.90. The second kappa shape index (κ2) is 4.42. The predicted molar refractivity (Wildman–Crippen MR) is 35.4 cm³/mol. The Morgan fingerprint density at radius 3 is 2.33 bits per heavy atom. The van der Waals surface area contributed by atoms with Gasteiger partial charge in [-0.1, -0.05) is 6.58 Å². The van der Waals surface area contributed by atoms with Crippen LogP contribution >= 0.6 is 0 Å². The fourth-order valence-electron chi connectivity index (χ4n) is 0.310. The van der Waals surface area contributed by atoms with Crippen molar-refractivity contribution in [1.82, 2.24) is 5.32 Å². The smallest absolute Gasteiger partial charge is 0.386 e. The monoisotopic (exact) mass is 179 g/mol. The van der Waals surface area contributed by atoms with E-state index in [0.29, 0.717) is 0 Å². The first-order valence-electron chi connectivity index (χ1n) is 2.89. The van der Waals surface area contributed by atoms with Gasteiger partial charge >= 0.3 is 12.7 Å². The van der Waals surface area contributed by atoms with Crippen LogP contribution in [0.1, 0.15) is 6.92 Å². The topological polar surface area (TPSA) is 55.4 Å². The number of amides is 2. The van der Waals surface area contributed by atoms with Crippen LogP contribution in [0.4, 0.5) is 13.6 Å². The van der Waals surface area contributed by atoms with Gasteiger partial charge in [0, 0.05) is 5.57 Å². The molecule has 0 saturated heterocycles. The van der Waals surface area contributed by atoms with E-state index in [-0.39, 0.29) is 5.57 Å². The maximum atomic E-state index is 11.3. The molecule has 0 aliphatic rings. The van der Waals surface area contributed by atoms with Crippen LogP contribution in [0.25, 0.3) is 0 Å². The quantitative estimate of drug-likeness (QED) is 0.644. The van der Waals surface area contributed by atoms with Crippen LogP contribution in [0.15, 0.2) is 12.2 Å². The minimum Gasteiger partial charge on any atom is -0.386 e. The number of halogens is 2. The van der Waals surface area contributed by atoms with Crippen molar-refractivity contribution in [3.63, 3.8) is 0 Å². The van der Waals surface area contributed by atoms with Gasteiger partial charge in [-0.15, -0.1) is 0 Å². The molecule has 0 fully saturated rings. The van der Waals surface area contributed by atoms with Crippen molar-refractivity contribution in [3.05, 3.63) is 12.2 Å². The second-order valence-electron chi connectivity index (χ2n) is 1.90. The van der Waals surface area contributed by atoms with E-state index in [0.717, 1.165) is 0 Å². The van der Waals surface area contributed by atoms with Crippen LogP contribution in [0.5, 0.6) is 0 Å². The summed E-state index contributed by atoms with van der Waals surface area (Å²) >= 11 is 0. The van der Waals surface area contributed by atoms with Gasteiger partial charge in [0.15, 0.2) is 0 Å². The Kier molecular flexibility index (Phi) is 3.89. The number of ether oxygens (including phenoxy) is 1. The average Bonchev–Trinajstić information content (AvgIpc) is 1.84. The predicted octanol–water partition coefficient (Wildman–Crippen LogP) is 1.04. The van der Waals surface area contributed by atoms with E-state index < -0.39 is 18.6 Å². The van der Waals surface area contributed by atoms with Crippen molar-refractivity contribution in [2.75, 3.05) is 0 Å². The highest BCUT2D eigenvalue weighted by molar-refractivity contribution is 6.01. The van der Waals surface area contributed by atoms with E-state index in [1.807, 2.05) is 0 Å². The molecule has 0 aromatic carbocycles. The number of rotatable bonds is 2. The lowest BCUT2D eigenvalue weighted by Crippen LogP contribution is -2.32. The summed E-state index contributed by atoms with van der Waals surface area (Å²) in [7, 11) is 0. The number of nitrogens with one attached hydrogen (secondary N) is 1. The Hall–Kier alpha value is -1.46. The van der Waals surface area contributed by atoms with Gasteiger partial charge in [0.1, 0.15) is 0 Å². The fraction of sp³-hybridized carbons (Fsp3) is 0.333. The molecule has 0 atom stereocenters. The first-order chi connectivity index (χ1) is 5.43. The molecule has 0 aromatic rings. The zero-order valence-electron chi connectivity index (χ0n) is 6.27. The summed E-state index contributed by atoms with van der Waals surface area (Å²) in [5, 5.41) is 1.53. The van der Waals surface area contributed by atoms with Crippen LogP contribution in [0.2, 0.25) is 0 Å². The Balaban J connectivity index is 3.85. The van der Waals surface area contributed by atoms with Gasteiger partial charge in [-0.2, -0.15) is 8.78 Å². The van der Waals surface area contributed by atoms with E-state index in [9.17, 15) is 18.4 Å². The Morgan fingerprint density at radius 2 is 2.00 bits per heavy atom. The molecular formula is C6H7F2NO3. The molecule has 2 amide bonds. The van der Waals surface area contributed by atoms with Crippen molar-refractivity contribution in [1.29, 1.82) is 0 Å². The third-order valence-corrected chi connectivity index (χ3v) is 0.799. The number of carbonyl (C=O) groups is 2. The SMILES string of the molecule is C=C(C)C(=O)NC(=O)OC(F)F. The van der Waals surface area contributed by atoms with Gasteiger partial charge in [0.05, 0.1) is 0 Å². The standard InChI is InChI=1S/C6H7F2NO3/c1-3(2)4(10)9-6(11)12-5(7)8/h5H,1H2,2H3,(H,9,10,11). The molecule has 0 radical (unpaired) electrons. The molecule has 6 heteroatoms. The molecule has 0 rings (SSSR count). The summed E-state index contributed by atoms with van der Waals surface area (Å²) in [6.45, 7) is 1.27. The lowest BCUT2D eigenvalue weighted by molar-refractivity contribution is -0.118. The summed E-state index contributed by atoms with van der Waals surface area (Å²) in [6, 6.07) is 0. The number of imide groups is 1. The number of alkyl halides is 2. The van der Waals surface area contributed by atoms with Crippen molar-refractivity contribution >= 4 is 12.0 Å². The summed E-state index contributed by atoms with van der Waals surface area (Å²) in [6.07, 6.45) is -1.49. The van der Waals surface area contributed by atoms with Gasteiger partial charge in [0.2, 0.25) is 0 Å². The lowest BCUT2D eigenvalue weighted by atomic mass is 10.3. The molecule has 0 heterocycles. The largest absolute Gasteiger partial charge is 0.418 e. The first kappa shape index (κ1) is 10.5. The Labute approximate surface area is 67.2 Å². The van der Waals surface area contributed by atoms with E-state index in [2.05, 4.69) is 11.3 Å². The maximum Gasteiger partial charge on any atom is 0.418 e. The van der Waals surface area contributed by atoms with Gasteiger partial charge in [-0.3, -0.25) is 10.1 Å². The highest BCUT2D eigenvalue weighted by Gasteiger charge is 2.13. The summed E-state index contributed by atoms with van der Waals surface area (Å²) in [5.74, 6) is -0.847. The first-order valence-corrected chi connectivity index (χ1v) is 2.89. The molecule has 0 aliphatic carbocycles. The molecule has 68 valence electrons. The highest BCUT2D eigenvalue weighted by Crippen LogP contribution is 1.95. The van der Waals surface area contributed by atoms with Gasteiger partial charge in [-0.25, -0.2) is 4.79 Å². The van der Waals surface area contributed by atoms with Gasteiger partial charge < -0.3 is 4.74 Å². The number of hydrogen-bond acceptors (Lipinski definition) is 3. The minimum absolute atomic E-state index is 0.0289. The highest BCUT2D eigenvalue weighted by atomic mass is 19.3. The fourth-order valence-corrected chi connectivity index (χ4v) is 0.310. The van der Waals surface area contributed by atoms with Crippen molar-refractivity contribution in [2.45, 2.75) is 13.5 Å². The van der Waals surface area contributed by atoms with E-state index in [1.165, 1.54) is 12.2 Å². The van der Waals surface area contributed by atoms with Gasteiger partial charge in [0.25, 0.3) is 5.91 Å². The molecule has 0 spiro atoms. The molecule has 0 unspecified atom stereocenters. The minimum atomic E-state index is -3.23. The third kappa shape index (κ3) is 4.37. The van der Waals surface area contributed by atoms with Gasteiger partial charge in [-0.05, 0) is 6.92 Å². The maximum absolute atomic E-state index is 11.3. The zero-order valence-corrected chi connectivity index (χ0v) is 6.27. The van der Waals surface area contributed by atoms with Crippen LogP contribution in [0, 0.1) is 0 Å². The van der Waals surface area contributed by atoms with Crippen molar-refractivity contribution in [3.8, 4) is 0 Å². The Morgan fingerprint density at radius 1 is 1.50 bits per heavy atom. The molecule has 0 aromatic heterocycles. The summed E-state index contributed by atoms with van der Waals surface area (Å²) in [4.78, 5) is 20.9. The van der Waals surface area contributed by atoms with Crippen LogP contribution in [0.3, 0.4) is 0 Å². The molecule has 0 aliphatic heterocycles. The number of carbonyl (C=O) groups excluding carboxylic acids is 2. The Bertz CT molecular complexity index is 215. The molecule has 12 heavy (non-hydrogen) atoms. The van der Waals surface area contributed by atoms with Crippen LogP contribution in [-0.4, -0.2) is 18.6 Å². The molecule has 0 saturated carbocycles. The van der Waals surface area contributed by atoms with E-state index in [1.54, 1.807) is 0 Å². The normalized spacial score (nSPS) is 9.33. The van der Waals surface area contributed by atoms with Crippen molar-refractivity contribution < 1.29 is 23.1 Å². The summed E-state index contributed by atoms with van der Waals surface area (Å²) in [5.41, 5.74) is 0.0289. The molecule has 0 bridgehead atoms. The molecule has 1 N–H and O–H groups in total. The van der Waals surface area contributed by atoms with E-state index in [4.69, 9.17) is 0 Å². The zero-order chi connectivity index (χ0) is 9.72. The van der Waals surface area contributed by atoms with Crippen LogP contribution < -0.4 is 5.32 Å². The molecule has 4 nitrogen and oxygen atoms in total. The number of hydrogen-bond donors (Lipinski definition) is 1. The number of alkyl carbamates (subject to hydrolysis) is 1. The summed E-state index contributed by atoms with van der Waals surface area (Å²) < 4.78 is 26.0. The van der Waals surface area contributed by atoms with Crippen molar-refractivity contribution in [2.24, 2.45) is 0 Å².